The van der Waals surface area contributed by atoms with Crippen molar-refractivity contribution in [2.75, 3.05) is 18.1 Å². The summed E-state index contributed by atoms with van der Waals surface area (Å²) in [4.78, 5) is 20.3. The van der Waals surface area contributed by atoms with Gasteiger partial charge >= 0.3 is 5.97 Å². The Labute approximate surface area is 229 Å². The number of hydrogen-bond donors (Lipinski definition) is 0. The summed E-state index contributed by atoms with van der Waals surface area (Å²) >= 11 is 1.53. The molecule has 2 aliphatic heterocycles. The molecule has 2 unspecified atom stereocenters. The molecule has 1 saturated heterocycles. The molecule has 2 atom stereocenters. The number of fused-ring (bicyclic) bond motifs is 1. The van der Waals surface area contributed by atoms with E-state index in [1.54, 1.807) is 37.3 Å². The highest BCUT2D eigenvalue weighted by atomic mass is 32.2. The van der Waals surface area contributed by atoms with Crippen molar-refractivity contribution in [1.29, 1.82) is 0 Å². The van der Waals surface area contributed by atoms with Gasteiger partial charge in [0.1, 0.15) is 5.75 Å². The predicted molar refractivity (Wildman–Crippen MR) is 150 cm³/mol. The van der Waals surface area contributed by atoms with Crippen LogP contribution in [0.4, 0.5) is 0 Å². The first kappa shape index (κ1) is 26.8. The first-order valence-electron chi connectivity index (χ1n) is 13.3. The van der Waals surface area contributed by atoms with Crippen LogP contribution in [0.25, 0.3) is 0 Å². The van der Waals surface area contributed by atoms with Gasteiger partial charge < -0.3 is 14.4 Å². The van der Waals surface area contributed by atoms with E-state index < -0.39 is 21.8 Å². The van der Waals surface area contributed by atoms with Gasteiger partial charge in [0.25, 0.3) is 0 Å². The molecule has 0 spiro atoms. The van der Waals surface area contributed by atoms with Gasteiger partial charge in [-0.1, -0.05) is 48.5 Å². The van der Waals surface area contributed by atoms with Crippen molar-refractivity contribution < 1.29 is 22.7 Å². The monoisotopic (exact) mass is 554 g/mol. The Bertz CT molecular complexity index is 1330. The lowest BCUT2D eigenvalue weighted by Gasteiger charge is -2.38. The summed E-state index contributed by atoms with van der Waals surface area (Å²) in [5, 5.41) is 0.729. The highest BCUT2D eigenvalue weighted by molar-refractivity contribution is 8.14. The number of esters is 1. The number of ether oxygens (including phenoxy) is 2. The topological polar surface area (TPSA) is 85.3 Å². The minimum atomic E-state index is -3.56. The zero-order valence-corrected chi connectivity index (χ0v) is 23.5. The van der Waals surface area contributed by atoms with Gasteiger partial charge in [0.05, 0.1) is 46.7 Å². The normalized spacial score (nSPS) is 22.2. The molecule has 38 heavy (non-hydrogen) atoms. The smallest absolute Gasteiger partial charge is 0.338 e. The SMILES string of the molecule is CCOC(=O)C1=C(C)N=C2SCC(CS(=O)(=O)c3ccccc3)N2C1c1cccc(OC2CCCCC2)c1. The van der Waals surface area contributed by atoms with Gasteiger partial charge in [-0.15, -0.1) is 0 Å². The number of hydrogen-bond acceptors (Lipinski definition) is 8. The van der Waals surface area contributed by atoms with Crippen molar-refractivity contribution in [1.82, 2.24) is 4.90 Å². The number of nitrogens with zero attached hydrogens (tertiary/aromatic N) is 2. The number of carbonyl (C=O) groups is 1. The number of carbonyl (C=O) groups excluding carboxylic acids is 1. The van der Waals surface area contributed by atoms with Crippen molar-refractivity contribution in [2.24, 2.45) is 4.99 Å². The van der Waals surface area contributed by atoms with Crippen LogP contribution in [0.2, 0.25) is 0 Å². The summed E-state index contributed by atoms with van der Waals surface area (Å²) in [6, 6.07) is 15.5. The second-order valence-corrected chi connectivity index (χ2v) is 13.0. The van der Waals surface area contributed by atoms with Gasteiger partial charge in [-0.25, -0.2) is 18.2 Å². The number of rotatable bonds is 8. The highest BCUT2D eigenvalue weighted by Gasteiger charge is 2.45. The number of sulfone groups is 1. The fourth-order valence-corrected chi connectivity index (χ4v) is 8.39. The van der Waals surface area contributed by atoms with Crippen LogP contribution in [0.1, 0.15) is 57.6 Å². The highest BCUT2D eigenvalue weighted by Crippen LogP contribution is 2.44. The lowest BCUT2D eigenvalue weighted by atomic mass is 9.93. The van der Waals surface area contributed by atoms with Crippen LogP contribution in [-0.2, 0) is 19.4 Å². The average molecular weight is 555 g/mol. The predicted octanol–water partition coefficient (Wildman–Crippen LogP) is 5.54. The molecule has 2 aromatic rings. The van der Waals surface area contributed by atoms with Crippen LogP contribution in [0, 0.1) is 0 Å². The van der Waals surface area contributed by atoms with Crippen molar-refractivity contribution >= 4 is 32.7 Å². The van der Waals surface area contributed by atoms with Crippen molar-refractivity contribution in [3.63, 3.8) is 0 Å². The zero-order valence-electron chi connectivity index (χ0n) is 21.8. The summed E-state index contributed by atoms with van der Waals surface area (Å²) in [5.41, 5.74) is 1.89. The molecule has 2 heterocycles. The standard InChI is InChI=1S/C29H34N2O5S2/c1-3-35-28(32)26-20(2)30-29-31(22(18-37-29)19-38(33,34)25-15-8-5-9-16-25)27(26)21-11-10-14-24(17-21)36-23-12-6-4-7-13-23/h5,8-11,14-17,22-23,27H,3-4,6-7,12-13,18-19H2,1-2H3. The molecule has 0 radical (unpaired) electrons. The van der Waals surface area contributed by atoms with Gasteiger partial charge in [0, 0.05) is 5.75 Å². The van der Waals surface area contributed by atoms with Gasteiger partial charge in [0.2, 0.25) is 0 Å². The number of allylic oxidation sites excluding steroid dienone is 1. The largest absolute Gasteiger partial charge is 0.490 e. The second kappa shape index (κ2) is 11.5. The second-order valence-electron chi connectivity index (χ2n) is 9.93. The Morgan fingerprint density at radius 3 is 2.58 bits per heavy atom. The van der Waals surface area contributed by atoms with Gasteiger partial charge in [0.15, 0.2) is 15.0 Å². The number of thioether (sulfide) groups is 1. The maximum Gasteiger partial charge on any atom is 0.338 e. The van der Waals surface area contributed by atoms with E-state index in [2.05, 4.69) is 0 Å². The molecule has 0 bridgehead atoms. The van der Waals surface area contributed by atoms with Crippen LogP contribution in [0.5, 0.6) is 5.75 Å². The van der Waals surface area contributed by atoms with E-state index in [1.807, 2.05) is 36.1 Å². The van der Waals surface area contributed by atoms with E-state index in [4.69, 9.17) is 14.5 Å². The van der Waals surface area contributed by atoms with Gasteiger partial charge in [-0.3, -0.25) is 0 Å². The number of amidine groups is 1. The summed E-state index contributed by atoms with van der Waals surface area (Å²) in [5.74, 6) is 0.813. The Hall–Kier alpha value is -2.78. The molecule has 0 amide bonds. The third-order valence-electron chi connectivity index (χ3n) is 7.26. The lowest BCUT2D eigenvalue weighted by Crippen LogP contribution is -2.45. The molecule has 202 valence electrons. The summed E-state index contributed by atoms with van der Waals surface area (Å²) < 4.78 is 38.5. The van der Waals surface area contributed by atoms with Crippen molar-refractivity contribution in [3.8, 4) is 5.75 Å². The van der Waals surface area contributed by atoms with E-state index in [0.717, 1.165) is 29.3 Å². The molecule has 0 aromatic heterocycles. The zero-order chi connectivity index (χ0) is 26.7. The van der Waals surface area contributed by atoms with Crippen LogP contribution >= 0.6 is 11.8 Å². The summed E-state index contributed by atoms with van der Waals surface area (Å²) in [6.45, 7) is 3.84. The maximum atomic E-state index is 13.4. The Balaban J connectivity index is 1.51. The Morgan fingerprint density at radius 1 is 1.08 bits per heavy atom. The van der Waals surface area contributed by atoms with Gasteiger partial charge in [-0.2, -0.15) is 0 Å². The van der Waals surface area contributed by atoms with E-state index in [-0.39, 0.29) is 24.5 Å². The van der Waals surface area contributed by atoms with E-state index in [1.165, 1.54) is 31.0 Å². The fourth-order valence-electron chi connectivity index (χ4n) is 5.47. The molecular formula is C29H34N2O5S2. The quantitative estimate of drug-likeness (QED) is 0.396. The fraction of sp³-hybridized carbons (Fsp3) is 0.448. The van der Waals surface area contributed by atoms with Crippen LogP contribution in [0.15, 0.2) is 75.8 Å². The van der Waals surface area contributed by atoms with Crippen molar-refractivity contribution in [2.45, 2.75) is 69.0 Å². The van der Waals surface area contributed by atoms with Crippen LogP contribution in [0.3, 0.4) is 0 Å². The Kier molecular flexibility index (Phi) is 8.14. The summed E-state index contributed by atoms with van der Waals surface area (Å²) in [7, 11) is -3.56. The van der Waals surface area contributed by atoms with Crippen molar-refractivity contribution in [3.05, 3.63) is 71.4 Å². The number of aliphatic imine (C=N–C) groups is 1. The minimum Gasteiger partial charge on any atom is -0.490 e. The minimum absolute atomic E-state index is 0.0764. The molecule has 5 rings (SSSR count). The Morgan fingerprint density at radius 2 is 1.84 bits per heavy atom. The lowest BCUT2D eigenvalue weighted by molar-refractivity contribution is -0.139. The van der Waals surface area contributed by atoms with Crippen LogP contribution in [-0.4, -0.2) is 54.7 Å². The molecular weight excluding hydrogens is 520 g/mol. The third-order valence-corrected chi connectivity index (χ3v) is 10.2. The molecule has 3 aliphatic rings. The molecule has 0 N–H and O–H groups in total. The molecule has 2 aromatic carbocycles. The summed E-state index contributed by atoms with van der Waals surface area (Å²) in [6.07, 6.45) is 5.86. The first-order valence-corrected chi connectivity index (χ1v) is 15.9. The number of benzene rings is 2. The molecule has 2 fully saturated rings. The first-order chi connectivity index (χ1) is 18.4. The molecule has 7 nitrogen and oxygen atoms in total. The van der Waals surface area contributed by atoms with E-state index >= 15 is 0 Å². The van der Waals surface area contributed by atoms with E-state index in [0.29, 0.717) is 21.9 Å². The molecule has 9 heteroatoms. The van der Waals surface area contributed by atoms with Gasteiger partial charge in [-0.05, 0) is 69.4 Å². The third kappa shape index (κ3) is 5.64. The molecule has 1 aliphatic carbocycles. The molecule has 1 saturated carbocycles. The van der Waals surface area contributed by atoms with E-state index in [9.17, 15) is 13.2 Å². The average Bonchev–Trinajstić information content (AvgIpc) is 3.30. The van der Waals surface area contributed by atoms with Crippen LogP contribution < -0.4 is 4.74 Å². The maximum absolute atomic E-state index is 13.4.